The summed E-state index contributed by atoms with van der Waals surface area (Å²) in [6, 6.07) is 0. The number of rotatable bonds is 2. The van der Waals surface area contributed by atoms with Gasteiger partial charge < -0.3 is 15.0 Å². The maximum Gasteiger partial charge on any atom is 0.182 e. The summed E-state index contributed by atoms with van der Waals surface area (Å²) in [5.74, 6) is 0.829. The Balaban J connectivity index is 1.79. The standard InChI is InChI=1S/C11H20N2O/c1-9(14-10(2,3)4)13-7-11(8-13)5-12-6-11/h12H,1,5-8H2,2-4H3. The van der Waals surface area contributed by atoms with Gasteiger partial charge in [0.25, 0.3) is 0 Å². The Kier molecular flexibility index (Phi) is 2.03. The summed E-state index contributed by atoms with van der Waals surface area (Å²) in [4.78, 5) is 2.23. The predicted molar refractivity (Wildman–Crippen MR) is 56.9 cm³/mol. The second-order valence-electron chi connectivity index (χ2n) is 5.57. The molecule has 0 aromatic carbocycles. The van der Waals surface area contributed by atoms with Crippen LogP contribution in [-0.2, 0) is 4.74 Å². The van der Waals surface area contributed by atoms with E-state index in [-0.39, 0.29) is 5.60 Å². The highest BCUT2D eigenvalue weighted by atomic mass is 16.5. The third-order valence-electron chi connectivity index (χ3n) is 2.83. The number of nitrogens with one attached hydrogen (secondary N) is 1. The van der Waals surface area contributed by atoms with E-state index in [0.717, 1.165) is 32.1 Å². The molecule has 0 aromatic rings. The van der Waals surface area contributed by atoms with Crippen LogP contribution in [0, 0.1) is 5.41 Å². The lowest BCUT2D eigenvalue weighted by Gasteiger charge is -2.57. The monoisotopic (exact) mass is 196 g/mol. The Labute approximate surface area is 86.1 Å². The Bertz CT molecular complexity index is 243. The summed E-state index contributed by atoms with van der Waals surface area (Å²) in [6.45, 7) is 14.7. The molecule has 0 bridgehead atoms. The first-order valence-electron chi connectivity index (χ1n) is 5.24. The van der Waals surface area contributed by atoms with Crippen LogP contribution < -0.4 is 5.32 Å². The molecule has 2 fully saturated rings. The molecule has 0 aliphatic carbocycles. The van der Waals surface area contributed by atoms with Crippen LogP contribution in [0.1, 0.15) is 20.8 Å². The molecule has 0 atom stereocenters. The van der Waals surface area contributed by atoms with Crippen LogP contribution in [0.5, 0.6) is 0 Å². The van der Waals surface area contributed by atoms with E-state index in [4.69, 9.17) is 4.74 Å². The molecule has 0 saturated carbocycles. The van der Waals surface area contributed by atoms with Crippen LogP contribution in [-0.4, -0.2) is 36.7 Å². The largest absolute Gasteiger partial charge is 0.474 e. The zero-order valence-electron chi connectivity index (χ0n) is 9.39. The number of hydrogen-bond donors (Lipinski definition) is 1. The fourth-order valence-electron chi connectivity index (χ4n) is 2.06. The molecule has 0 amide bonds. The quantitative estimate of drug-likeness (QED) is 0.671. The van der Waals surface area contributed by atoms with Crippen molar-refractivity contribution < 1.29 is 4.74 Å². The van der Waals surface area contributed by atoms with Crippen molar-refractivity contribution in [3.63, 3.8) is 0 Å². The van der Waals surface area contributed by atoms with Gasteiger partial charge in [-0.1, -0.05) is 0 Å². The Hall–Kier alpha value is -0.700. The summed E-state index contributed by atoms with van der Waals surface area (Å²) in [5, 5.41) is 3.31. The molecule has 2 rings (SSSR count). The normalized spacial score (nSPS) is 24.1. The summed E-state index contributed by atoms with van der Waals surface area (Å²) < 4.78 is 5.71. The third kappa shape index (κ3) is 1.73. The van der Waals surface area contributed by atoms with Crippen LogP contribution in [0.4, 0.5) is 0 Å². The highest BCUT2D eigenvalue weighted by molar-refractivity contribution is 5.09. The van der Waals surface area contributed by atoms with Crippen molar-refractivity contribution in [2.45, 2.75) is 26.4 Å². The zero-order chi connectivity index (χ0) is 10.4. The lowest BCUT2D eigenvalue weighted by molar-refractivity contribution is -0.0837. The molecule has 0 aromatic heterocycles. The first-order valence-corrected chi connectivity index (χ1v) is 5.24. The number of nitrogens with zero attached hydrogens (tertiary/aromatic N) is 1. The van der Waals surface area contributed by atoms with Gasteiger partial charge in [0.05, 0.1) is 0 Å². The topological polar surface area (TPSA) is 24.5 Å². The van der Waals surface area contributed by atoms with E-state index in [1.54, 1.807) is 0 Å². The lowest BCUT2D eigenvalue weighted by Crippen LogP contribution is -2.70. The minimum absolute atomic E-state index is 0.127. The van der Waals surface area contributed by atoms with Gasteiger partial charge in [-0.2, -0.15) is 0 Å². The fourth-order valence-corrected chi connectivity index (χ4v) is 2.06. The van der Waals surface area contributed by atoms with Gasteiger partial charge in [-0.25, -0.2) is 0 Å². The SMILES string of the molecule is C=C(OC(C)(C)C)N1CC2(CNC2)C1. The van der Waals surface area contributed by atoms with E-state index in [1.165, 1.54) is 0 Å². The molecule has 0 unspecified atom stereocenters. The van der Waals surface area contributed by atoms with Crippen molar-refractivity contribution >= 4 is 0 Å². The first-order chi connectivity index (χ1) is 6.40. The number of ether oxygens (including phenoxy) is 1. The molecule has 80 valence electrons. The van der Waals surface area contributed by atoms with Crippen molar-refractivity contribution in [1.29, 1.82) is 0 Å². The molecule has 2 saturated heterocycles. The molecule has 2 aliphatic rings. The van der Waals surface area contributed by atoms with Crippen LogP contribution in [0.2, 0.25) is 0 Å². The average molecular weight is 196 g/mol. The Morgan fingerprint density at radius 2 is 1.93 bits per heavy atom. The van der Waals surface area contributed by atoms with Crippen molar-refractivity contribution in [2.24, 2.45) is 5.41 Å². The minimum Gasteiger partial charge on any atom is -0.474 e. The summed E-state index contributed by atoms with van der Waals surface area (Å²) in [6.07, 6.45) is 0. The van der Waals surface area contributed by atoms with Crippen LogP contribution >= 0.6 is 0 Å². The van der Waals surface area contributed by atoms with E-state index in [1.807, 2.05) is 0 Å². The fraction of sp³-hybridized carbons (Fsp3) is 0.818. The van der Waals surface area contributed by atoms with Gasteiger partial charge in [0.2, 0.25) is 0 Å². The Morgan fingerprint density at radius 3 is 2.29 bits per heavy atom. The Morgan fingerprint density at radius 1 is 1.36 bits per heavy atom. The molecule has 0 radical (unpaired) electrons. The molecule has 1 N–H and O–H groups in total. The van der Waals surface area contributed by atoms with Crippen molar-refractivity contribution in [3.05, 3.63) is 12.5 Å². The van der Waals surface area contributed by atoms with E-state index in [0.29, 0.717) is 5.41 Å². The average Bonchev–Trinajstić information content (AvgIpc) is 1.74. The first kappa shape index (κ1) is 9.84. The molecule has 2 aliphatic heterocycles. The predicted octanol–water partition coefficient (Wildman–Crippen LogP) is 1.18. The van der Waals surface area contributed by atoms with E-state index in [9.17, 15) is 0 Å². The second-order valence-corrected chi connectivity index (χ2v) is 5.57. The molecule has 1 spiro atoms. The molecular weight excluding hydrogens is 176 g/mol. The summed E-state index contributed by atoms with van der Waals surface area (Å²) in [7, 11) is 0. The summed E-state index contributed by atoms with van der Waals surface area (Å²) >= 11 is 0. The highest BCUT2D eigenvalue weighted by Crippen LogP contribution is 2.36. The highest BCUT2D eigenvalue weighted by Gasteiger charge is 2.48. The van der Waals surface area contributed by atoms with Crippen molar-refractivity contribution in [3.8, 4) is 0 Å². The maximum absolute atomic E-state index is 5.71. The van der Waals surface area contributed by atoms with Gasteiger partial charge in [0.1, 0.15) is 5.60 Å². The van der Waals surface area contributed by atoms with Gasteiger partial charge in [0, 0.05) is 31.6 Å². The number of likely N-dealkylation sites (tertiary alicyclic amines) is 1. The minimum atomic E-state index is -0.127. The zero-order valence-corrected chi connectivity index (χ0v) is 9.39. The van der Waals surface area contributed by atoms with E-state index >= 15 is 0 Å². The van der Waals surface area contributed by atoms with Crippen molar-refractivity contribution in [1.82, 2.24) is 10.2 Å². The van der Waals surface area contributed by atoms with E-state index < -0.39 is 0 Å². The van der Waals surface area contributed by atoms with Gasteiger partial charge in [-0.15, -0.1) is 0 Å². The molecule has 3 heteroatoms. The van der Waals surface area contributed by atoms with Crippen LogP contribution in [0.3, 0.4) is 0 Å². The van der Waals surface area contributed by atoms with Gasteiger partial charge in [-0.3, -0.25) is 0 Å². The molecule has 14 heavy (non-hydrogen) atoms. The number of hydrogen-bond acceptors (Lipinski definition) is 3. The second kappa shape index (κ2) is 2.89. The maximum atomic E-state index is 5.71. The van der Waals surface area contributed by atoms with Gasteiger partial charge in [0.15, 0.2) is 5.88 Å². The van der Waals surface area contributed by atoms with E-state index in [2.05, 4.69) is 37.6 Å². The molecule has 2 heterocycles. The van der Waals surface area contributed by atoms with Crippen molar-refractivity contribution in [2.75, 3.05) is 26.2 Å². The van der Waals surface area contributed by atoms with Gasteiger partial charge >= 0.3 is 0 Å². The smallest absolute Gasteiger partial charge is 0.182 e. The molecular formula is C11H20N2O. The molecule has 3 nitrogen and oxygen atoms in total. The van der Waals surface area contributed by atoms with Crippen LogP contribution in [0.25, 0.3) is 0 Å². The third-order valence-corrected chi connectivity index (χ3v) is 2.83. The van der Waals surface area contributed by atoms with Crippen LogP contribution in [0.15, 0.2) is 12.5 Å². The van der Waals surface area contributed by atoms with Gasteiger partial charge in [-0.05, 0) is 27.4 Å². The summed E-state index contributed by atoms with van der Waals surface area (Å²) in [5.41, 5.74) is 0.419. The lowest BCUT2D eigenvalue weighted by atomic mass is 9.75.